The molecular weight excluding hydrogens is 442 g/mol. The van der Waals surface area contributed by atoms with E-state index in [0.717, 1.165) is 0 Å². The van der Waals surface area contributed by atoms with Gasteiger partial charge in [-0.3, -0.25) is 0 Å². The van der Waals surface area contributed by atoms with E-state index in [1.54, 1.807) is 18.2 Å². The SMILES string of the molecule is COc1cccc(COC(=O)c2c(Cl)c(Cl)c(Cl)c(Cl)c2C(=O)O)c1OC. The highest BCUT2D eigenvalue weighted by Gasteiger charge is 2.30. The van der Waals surface area contributed by atoms with E-state index < -0.39 is 28.1 Å². The highest BCUT2D eigenvalue weighted by molar-refractivity contribution is 6.54. The summed E-state index contributed by atoms with van der Waals surface area (Å²) in [5.41, 5.74) is -0.603. The third kappa shape index (κ3) is 4.19. The van der Waals surface area contributed by atoms with E-state index in [2.05, 4.69) is 0 Å². The van der Waals surface area contributed by atoms with Crippen molar-refractivity contribution in [2.24, 2.45) is 0 Å². The van der Waals surface area contributed by atoms with Crippen LogP contribution in [-0.2, 0) is 11.3 Å². The molecule has 0 atom stereocenters. The molecule has 0 amide bonds. The minimum absolute atomic E-state index is 0.244. The van der Waals surface area contributed by atoms with Gasteiger partial charge in [0.25, 0.3) is 0 Å². The maximum atomic E-state index is 12.5. The van der Waals surface area contributed by atoms with Gasteiger partial charge in [0.05, 0.1) is 45.4 Å². The number of hydrogen-bond acceptors (Lipinski definition) is 5. The van der Waals surface area contributed by atoms with Crippen molar-refractivity contribution in [3.05, 3.63) is 55.0 Å². The lowest BCUT2D eigenvalue weighted by molar-refractivity contribution is 0.0461. The Morgan fingerprint density at radius 3 is 2.04 bits per heavy atom. The van der Waals surface area contributed by atoms with Crippen molar-refractivity contribution >= 4 is 58.3 Å². The van der Waals surface area contributed by atoms with Crippen LogP contribution in [0.15, 0.2) is 18.2 Å². The summed E-state index contributed by atoms with van der Waals surface area (Å²) >= 11 is 23.7. The Bertz CT molecular complexity index is 913. The van der Waals surface area contributed by atoms with Crippen molar-refractivity contribution in [2.75, 3.05) is 14.2 Å². The van der Waals surface area contributed by atoms with Crippen molar-refractivity contribution in [2.45, 2.75) is 6.61 Å². The summed E-state index contributed by atoms with van der Waals surface area (Å²) in [6, 6.07) is 4.99. The lowest BCUT2D eigenvalue weighted by atomic mass is 10.1. The average molecular weight is 454 g/mol. The van der Waals surface area contributed by atoms with Gasteiger partial charge in [0, 0.05) is 5.56 Å². The third-order valence-electron chi connectivity index (χ3n) is 3.53. The summed E-state index contributed by atoms with van der Waals surface area (Å²) in [5.74, 6) is -1.74. The standard InChI is InChI=1S/C17H12Cl4O6/c1-25-8-5-3-4-7(15(8)26-2)6-27-17(24)10-9(16(22)23)11(18)13(20)14(21)12(10)19/h3-5H,6H2,1-2H3,(H,22,23). The zero-order valence-corrected chi connectivity index (χ0v) is 17.0. The van der Waals surface area contributed by atoms with Crippen LogP contribution in [-0.4, -0.2) is 31.3 Å². The smallest absolute Gasteiger partial charge is 0.340 e. The minimum Gasteiger partial charge on any atom is -0.493 e. The van der Waals surface area contributed by atoms with E-state index in [4.69, 9.17) is 60.6 Å². The second-order valence-electron chi connectivity index (χ2n) is 5.04. The molecule has 0 heterocycles. The van der Waals surface area contributed by atoms with Gasteiger partial charge in [-0.25, -0.2) is 9.59 Å². The summed E-state index contributed by atoms with van der Waals surface area (Å²) < 4.78 is 15.6. The Kier molecular flexibility index (Phi) is 7.06. The number of halogens is 4. The van der Waals surface area contributed by atoms with Crippen LogP contribution < -0.4 is 9.47 Å². The second kappa shape index (κ2) is 8.89. The molecule has 0 fully saturated rings. The normalized spacial score (nSPS) is 10.4. The zero-order chi connectivity index (χ0) is 20.3. The molecule has 0 aliphatic rings. The van der Waals surface area contributed by atoms with Crippen LogP contribution in [0.4, 0.5) is 0 Å². The number of carbonyl (C=O) groups excluding carboxylic acids is 1. The molecule has 2 aromatic rings. The largest absolute Gasteiger partial charge is 0.493 e. The summed E-state index contributed by atoms with van der Waals surface area (Å²) in [5, 5.41) is 8.08. The maximum Gasteiger partial charge on any atom is 0.340 e. The highest BCUT2D eigenvalue weighted by atomic mass is 35.5. The monoisotopic (exact) mass is 452 g/mol. The number of rotatable bonds is 6. The van der Waals surface area contributed by atoms with Gasteiger partial charge in [0.1, 0.15) is 6.61 Å². The van der Waals surface area contributed by atoms with Crippen LogP contribution in [0.5, 0.6) is 11.5 Å². The third-order valence-corrected chi connectivity index (χ3v) is 5.33. The average Bonchev–Trinajstić information content (AvgIpc) is 2.66. The summed E-state index contributed by atoms with van der Waals surface area (Å²) in [4.78, 5) is 24.1. The van der Waals surface area contributed by atoms with Crippen LogP contribution in [0.2, 0.25) is 20.1 Å². The fourth-order valence-corrected chi connectivity index (χ4v) is 3.32. The zero-order valence-electron chi connectivity index (χ0n) is 13.9. The summed E-state index contributed by atoms with van der Waals surface area (Å²) in [7, 11) is 2.89. The minimum atomic E-state index is -1.51. The first-order valence-electron chi connectivity index (χ1n) is 7.20. The molecule has 144 valence electrons. The molecule has 0 bridgehead atoms. The van der Waals surface area contributed by atoms with Crippen LogP contribution in [0.25, 0.3) is 0 Å². The van der Waals surface area contributed by atoms with Crippen molar-refractivity contribution in [3.8, 4) is 11.5 Å². The number of carbonyl (C=O) groups is 2. The molecular formula is C17H12Cl4O6. The number of aromatic carboxylic acids is 1. The van der Waals surface area contributed by atoms with Crippen LogP contribution in [0, 0.1) is 0 Å². The van der Waals surface area contributed by atoms with E-state index in [9.17, 15) is 14.7 Å². The molecule has 0 aliphatic carbocycles. The molecule has 0 aromatic heterocycles. The van der Waals surface area contributed by atoms with Gasteiger partial charge in [-0.2, -0.15) is 0 Å². The van der Waals surface area contributed by atoms with Gasteiger partial charge < -0.3 is 19.3 Å². The lowest BCUT2D eigenvalue weighted by Crippen LogP contribution is -2.14. The molecule has 0 unspecified atom stereocenters. The summed E-state index contributed by atoms with van der Waals surface area (Å²) in [6.07, 6.45) is 0. The highest BCUT2D eigenvalue weighted by Crippen LogP contribution is 2.42. The van der Waals surface area contributed by atoms with E-state index in [1.807, 2.05) is 0 Å². The topological polar surface area (TPSA) is 82.1 Å². The first kappa shape index (κ1) is 21.4. The van der Waals surface area contributed by atoms with Crippen LogP contribution in [0.1, 0.15) is 26.3 Å². The Morgan fingerprint density at radius 2 is 1.52 bits per heavy atom. The van der Waals surface area contributed by atoms with Gasteiger partial charge in [0.15, 0.2) is 11.5 Å². The molecule has 6 nitrogen and oxygen atoms in total. The van der Waals surface area contributed by atoms with Crippen molar-refractivity contribution in [3.63, 3.8) is 0 Å². The molecule has 0 saturated carbocycles. The van der Waals surface area contributed by atoms with E-state index in [-0.39, 0.29) is 21.7 Å². The Balaban J connectivity index is 2.42. The number of methoxy groups -OCH3 is 2. The molecule has 10 heteroatoms. The molecule has 0 radical (unpaired) electrons. The Labute approximate surface area is 174 Å². The van der Waals surface area contributed by atoms with Gasteiger partial charge >= 0.3 is 11.9 Å². The number of carboxylic acids is 1. The fraction of sp³-hybridized carbons (Fsp3) is 0.176. The molecule has 0 aliphatic heterocycles. The van der Waals surface area contributed by atoms with E-state index >= 15 is 0 Å². The van der Waals surface area contributed by atoms with Crippen LogP contribution >= 0.6 is 46.4 Å². The fourth-order valence-electron chi connectivity index (χ4n) is 2.31. The second-order valence-corrected chi connectivity index (χ2v) is 6.55. The quantitative estimate of drug-likeness (QED) is 0.359. The lowest BCUT2D eigenvalue weighted by Gasteiger charge is -2.15. The molecule has 0 saturated heterocycles. The number of carboxylic acid groups (broad SMARTS) is 1. The van der Waals surface area contributed by atoms with Gasteiger partial charge in [0.2, 0.25) is 0 Å². The molecule has 1 N–H and O–H groups in total. The number of hydrogen-bond donors (Lipinski definition) is 1. The summed E-state index contributed by atoms with van der Waals surface area (Å²) in [6.45, 7) is -0.244. The van der Waals surface area contributed by atoms with Gasteiger partial charge in [-0.05, 0) is 6.07 Å². The number of esters is 1. The van der Waals surface area contributed by atoms with Gasteiger partial charge in [-0.15, -0.1) is 0 Å². The van der Waals surface area contributed by atoms with Crippen molar-refractivity contribution in [1.82, 2.24) is 0 Å². The Morgan fingerprint density at radius 1 is 0.926 bits per heavy atom. The predicted molar refractivity (Wildman–Crippen MR) is 102 cm³/mol. The molecule has 0 spiro atoms. The number of ether oxygens (including phenoxy) is 3. The van der Waals surface area contributed by atoms with Gasteiger partial charge in [-0.1, -0.05) is 58.5 Å². The van der Waals surface area contributed by atoms with Crippen molar-refractivity contribution < 1.29 is 28.9 Å². The predicted octanol–water partition coefficient (Wildman–Crippen LogP) is 5.37. The number of para-hydroxylation sites is 1. The number of benzene rings is 2. The van der Waals surface area contributed by atoms with Crippen molar-refractivity contribution in [1.29, 1.82) is 0 Å². The first-order chi connectivity index (χ1) is 12.7. The van der Waals surface area contributed by atoms with Crippen LogP contribution in [0.3, 0.4) is 0 Å². The molecule has 27 heavy (non-hydrogen) atoms. The first-order valence-corrected chi connectivity index (χ1v) is 8.71. The maximum absolute atomic E-state index is 12.5. The van der Waals surface area contributed by atoms with E-state index in [1.165, 1.54) is 14.2 Å². The molecule has 2 aromatic carbocycles. The van der Waals surface area contributed by atoms with E-state index in [0.29, 0.717) is 17.1 Å². The molecule has 2 rings (SSSR count). The Hall–Kier alpha value is -1.86.